The Morgan fingerprint density at radius 2 is 1.75 bits per heavy atom. The zero-order valence-electron chi connectivity index (χ0n) is 14.2. The van der Waals surface area contributed by atoms with E-state index in [9.17, 15) is 10.1 Å². The number of rotatable bonds is 4. The summed E-state index contributed by atoms with van der Waals surface area (Å²) in [6, 6.07) is 18.5. The Balaban J connectivity index is 1.96. The molecule has 1 N–H and O–H groups in total. The zero-order valence-corrected chi connectivity index (χ0v) is 14.2. The molecule has 4 nitrogen and oxygen atoms in total. The molecule has 0 heterocycles. The average Bonchev–Trinajstić information content (AvgIpc) is 2.58. The molecule has 0 aliphatic rings. The van der Waals surface area contributed by atoms with Crippen LogP contribution in [0.3, 0.4) is 0 Å². The second-order valence-electron chi connectivity index (χ2n) is 6.64. The lowest BCUT2D eigenvalue weighted by molar-refractivity contribution is 0.137. The highest BCUT2D eigenvalue weighted by Gasteiger charge is 2.17. The molecular formula is C20H22N2O2. The summed E-state index contributed by atoms with van der Waals surface area (Å²) in [7, 11) is 0. The molecule has 0 saturated heterocycles. The van der Waals surface area contributed by atoms with Gasteiger partial charge in [0.25, 0.3) is 0 Å². The monoisotopic (exact) mass is 322 g/mol. The quantitative estimate of drug-likeness (QED) is 0.903. The molecule has 0 bridgehead atoms. The Bertz CT molecular complexity index is 710. The Morgan fingerprint density at radius 1 is 1.12 bits per heavy atom. The predicted molar refractivity (Wildman–Crippen MR) is 93.3 cm³/mol. The predicted octanol–water partition coefficient (Wildman–Crippen LogP) is 4.48. The number of nitrogens with zero attached hydrogens (tertiary/aromatic N) is 1. The molecule has 0 radical (unpaired) electrons. The SMILES string of the molecule is CC(C)(C)c1ccc(C(C#N)NC(=O)OCc2ccccc2)cc1. The van der Waals surface area contributed by atoms with Crippen molar-refractivity contribution in [1.82, 2.24) is 5.32 Å². The molecule has 0 aliphatic heterocycles. The number of nitrogens with one attached hydrogen (secondary N) is 1. The average molecular weight is 322 g/mol. The fourth-order valence-corrected chi connectivity index (χ4v) is 2.25. The van der Waals surface area contributed by atoms with E-state index >= 15 is 0 Å². The van der Waals surface area contributed by atoms with Gasteiger partial charge in [0.1, 0.15) is 12.6 Å². The zero-order chi connectivity index (χ0) is 17.6. The summed E-state index contributed by atoms with van der Waals surface area (Å²) < 4.78 is 5.16. The van der Waals surface area contributed by atoms with Crippen molar-refractivity contribution in [2.45, 2.75) is 38.8 Å². The van der Waals surface area contributed by atoms with E-state index in [2.05, 4.69) is 32.2 Å². The van der Waals surface area contributed by atoms with Crippen molar-refractivity contribution < 1.29 is 9.53 Å². The highest BCUT2D eigenvalue weighted by Crippen LogP contribution is 2.23. The number of carbonyl (C=O) groups excluding carboxylic acids is 1. The lowest BCUT2D eigenvalue weighted by Gasteiger charge is -2.20. The Labute approximate surface area is 143 Å². The van der Waals surface area contributed by atoms with Crippen LogP contribution in [0.5, 0.6) is 0 Å². The molecule has 24 heavy (non-hydrogen) atoms. The van der Waals surface area contributed by atoms with Gasteiger partial charge in [0.05, 0.1) is 6.07 Å². The number of nitriles is 1. The standard InChI is InChI=1S/C20H22N2O2/c1-20(2,3)17-11-9-16(10-12-17)18(13-21)22-19(23)24-14-15-7-5-4-6-8-15/h4-12,18H,14H2,1-3H3,(H,22,23). The van der Waals surface area contributed by atoms with Crippen LogP contribution in [0.4, 0.5) is 4.79 Å². The van der Waals surface area contributed by atoms with E-state index in [4.69, 9.17) is 4.74 Å². The van der Waals surface area contributed by atoms with Gasteiger partial charge in [-0.25, -0.2) is 4.79 Å². The van der Waals surface area contributed by atoms with Crippen LogP contribution >= 0.6 is 0 Å². The molecule has 4 heteroatoms. The van der Waals surface area contributed by atoms with E-state index in [1.165, 1.54) is 5.56 Å². The summed E-state index contributed by atoms with van der Waals surface area (Å²) in [5.41, 5.74) is 2.86. The van der Waals surface area contributed by atoms with Crippen molar-refractivity contribution in [3.63, 3.8) is 0 Å². The van der Waals surface area contributed by atoms with Gasteiger partial charge in [-0.15, -0.1) is 0 Å². The maximum atomic E-state index is 11.9. The molecule has 2 aromatic carbocycles. The Kier molecular flexibility index (Phi) is 5.59. The number of ether oxygens (including phenoxy) is 1. The molecule has 2 rings (SSSR count). The number of benzene rings is 2. The first-order valence-corrected chi connectivity index (χ1v) is 7.87. The van der Waals surface area contributed by atoms with Crippen molar-refractivity contribution in [3.05, 3.63) is 71.3 Å². The van der Waals surface area contributed by atoms with E-state index in [1.807, 2.05) is 54.6 Å². The Hall–Kier alpha value is -2.80. The highest BCUT2D eigenvalue weighted by atomic mass is 16.5. The van der Waals surface area contributed by atoms with Crippen molar-refractivity contribution in [2.24, 2.45) is 0 Å². The van der Waals surface area contributed by atoms with E-state index in [0.717, 1.165) is 11.1 Å². The van der Waals surface area contributed by atoms with Gasteiger partial charge < -0.3 is 10.1 Å². The lowest BCUT2D eigenvalue weighted by Crippen LogP contribution is -2.28. The van der Waals surface area contributed by atoms with Crippen molar-refractivity contribution in [2.75, 3.05) is 0 Å². The van der Waals surface area contributed by atoms with Crippen LogP contribution in [0, 0.1) is 11.3 Å². The lowest BCUT2D eigenvalue weighted by atomic mass is 9.86. The largest absolute Gasteiger partial charge is 0.445 e. The van der Waals surface area contributed by atoms with E-state index in [-0.39, 0.29) is 12.0 Å². The minimum atomic E-state index is -0.734. The van der Waals surface area contributed by atoms with Gasteiger partial charge in [-0.2, -0.15) is 5.26 Å². The molecule has 1 unspecified atom stereocenters. The van der Waals surface area contributed by atoms with Gasteiger partial charge in [-0.3, -0.25) is 0 Å². The van der Waals surface area contributed by atoms with Gasteiger partial charge >= 0.3 is 6.09 Å². The maximum Gasteiger partial charge on any atom is 0.408 e. The first kappa shape index (κ1) is 17.6. The summed E-state index contributed by atoms with van der Waals surface area (Å²) in [6.45, 7) is 6.56. The summed E-state index contributed by atoms with van der Waals surface area (Å²) in [4.78, 5) is 11.9. The van der Waals surface area contributed by atoms with Crippen LogP contribution < -0.4 is 5.32 Å². The third kappa shape index (κ3) is 4.85. The first-order chi connectivity index (χ1) is 11.4. The molecule has 124 valence electrons. The topological polar surface area (TPSA) is 62.1 Å². The minimum Gasteiger partial charge on any atom is -0.445 e. The summed E-state index contributed by atoms with van der Waals surface area (Å²) >= 11 is 0. The number of alkyl carbamates (subject to hydrolysis) is 1. The Morgan fingerprint density at radius 3 is 2.29 bits per heavy atom. The van der Waals surface area contributed by atoms with E-state index in [1.54, 1.807) is 0 Å². The van der Waals surface area contributed by atoms with Crippen molar-refractivity contribution in [1.29, 1.82) is 5.26 Å². The van der Waals surface area contributed by atoms with Gasteiger partial charge in [-0.1, -0.05) is 75.4 Å². The maximum absolute atomic E-state index is 11.9. The van der Waals surface area contributed by atoms with Crippen LogP contribution in [0.25, 0.3) is 0 Å². The van der Waals surface area contributed by atoms with Crippen LogP contribution in [-0.4, -0.2) is 6.09 Å². The third-order valence-electron chi connectivity index (χ3n) is 3.71. The highest BCUT2D eigenvalue weighted by molar-refractivity contribution is 5.68. The second-order valence-corrected chi connectivity index (χ2v) is 6.64. The van der Waals surface area contributed by atoms with Gasteiger partial charge in [0.2, 0.25) is 0 Å². The molecular weight excluding hydrogens is 300 g/mol. The molecule has 0 fully saturated rings. The molecule has 0 spiro atoms. The summed E-state index contributed by atoms with van der Waals surface area (Å²) in [6.07, 6.45) is -0.606. The van der Waals surface area contributed by atoms with Crippen LogP contribution in [0.2, 0.25) is 0 Å². The van der Waals surface area contributed by atoms with Crippen molar-refractivity contribution in [3.8, 4) is 6.07 Å². The number of hydrogen-bond donors (Lipinski definition) is 1. The second kappa shape index (κ2) is 7.65. The normalized spacial score (nSPS) is 12.1. The van der Waals surface area contributed by atoms with Crippen molar-refractivity contribution >= 4 is 6.09 Å². The first-order valence-electron chi connectivity index (χ1n) is 7.87. The molecule has 0 aliphatic carbocycles. The number of amides is 1. The summed E-state index contributed by atoms with van der Waals surface area (Å²) in [5.74, 6) is 0. The number of carbonyl (C=O) groups is 1. The van der Waals surface area contributed by atoms with Gasteiger partial charge in [0, 0.05) is 0 Å². The molecule has 0 saturated carbocycles. The fourth-order valence-electron chi connectivity index (χ4n) is 2.25. The van der Waals surface area contributed by atoms with Gasteiger partial charge in [0.15, 0.2) is 0 Å². The van der Waals surface area contributed by atoms with Crippen LogP contribution in [0.15, 0.2) is 54.6 Å². The minimum absolute atomic E-state index is 0.0444. The summed E-state index contributed by atoms with van der Waals surface area (Å²) in [5, 5.41) is 11.9. The smallest absolute Gasteiger partial charge is 0.408 e. The number of hydrogen-bond acceptors (Lipinski definition) is 3. The molecule has 1 amide bonds. The van der Waals surface area contributed by atoms with Gasteiger partial charge in [-0.05, 0) is 22.1 Å². The van der Waals surface area contributed by atoms with Crippen LogP contribution in [-0.2, 0) is 16.8 Å². The molecule has 1 atom stereocenters. The molecule has 2 aromatic rings. The van der Waals surface area contributed by atoms with E-state index in [0.29, 0.717) is 0 Å². The molecule has 0 aromatic heterocycles. The van der Waals surface area contributed by atoms with E-state index < -0.39 is 12.1 Å². The van der Waals surface area contributed by atoms with Crippen LogP contribution in [0.1, 0.15) is 43.5 Å². The third-order valence-corrected chi connectivity index (χ3v) is 3.71. The fraction of sp³-hybridized carbons (Fsp3) is 0.300.